The van der Waals surface area contributed by atoms with E-state index in [1.165, 1.54) is 4.52 Å². The molecular formula is C16H19N5O4S2. The van der Waals surface area contributed by atoms with Gasteiger partial charge in [-0.15, -0.1) is 5.10 Å². The van der Waals surface area contributed by atoms with Crippen molar-refractivity contribution in [3.8, 4) is 17.0 Å². The number of ether oxygens (including phenoxy) is 2. The molecule has 27 heavy (non-hydrogen) atoms. The van der Waals surface area contributed by atoms with Crippen molar-refractivity contribution >= 4 is 26.3 Å². The summed E-state index contributed by atoms with van der Waals surface area (Å²) < 4.78 is 35.4. The van der Waals surface area contributed by atoms with Crippen LogP contribution in [0.15, 0.2) is 34.8 Å². The van der Waals surface area contributed by atoms with E-state index in [0.717, 1.165) is 55.5 Å². The molecule has 0 saturated carbocycles. The van der Waals surface area contributed by atoms with Gasteiger partial charge in [0.05, 0.1) is 25.1 Å². The highest BCUT2D eigenvalue weighted by Crippen LogP contribution is 2.26. The second-order valence-electron chi connectivity index (χ2n) is 6.08. The second-order valence-corrected chi connectivity index (χ2v) is 8.77. The van der Waals surface area contributed by atoms with Crippen LogP contribution in [-0.2, 0) is 14.8 Å². The van der Waals surface area contributed by atoms with Crippen LogP contribution in [0.4, 0.5) is 0 Å². The molecule has 0 bridgehead atoms. The molecule has 1 aliphatic heterocycles. The summed E-state index contributed by atoms with van der Waals surface area (Å²) in [6.07, 6.45) is 1.65. The first-order valence-electron chi connectivity index (χ1n) is 8.41. The lowest BCUT2D eigenvalue weighted by Gasteiger charge is -2.26. The predicted octanol–water partition coefficient (Wildman–Crippen LogP) is 0.816. The largest absolute Gasteiger partial charge is 0.492 e. The number of hydrogen-bond acceptors (Lipinski definition) is 8. The summed E-state index contributed by atoms with van der Waals surface area (Å²) in [5, 5.41) is 9.20. The average Bonchev–Trinajstić information content (AvgIpc) is 3.24. The van der Waals surface area contributed by atoms with Gasteiger partial charge in [-0.3, -0.25) is 4.90 Å². The Hall–Kier alpha value is -2.05. The minimum atomic E-state index is -3.85. The van der Waals surface area contributed by atoms with Crippen LogP contribution in [0, 0.1) is 0 Å². The maximum absolute atomic E-state index is 11.5. The molecule has 1 aliphatic rings. The van der Waals surface area contributed by atoms with Crippen LogP contribution >= 0.6 is 11.3 Å². The van der Waals surface area contributed by atoms with Crippen molar-refractivity contribution in [2.24, 2.45) is 5.14 Å². The van der Waals surface area contributed by atoms with E-state index in [-0.39, 0.29) is 4.34 Å². The van der Waals surface area contributed by atoms with Crippen molar-refractivity contribution in [2.75, 3.05) is 39.5 Å². The second kappa shape index (κ2) is 7.52. The molecule has 0 amide bonds. The third-order valence-corrected chi connectivity index (χ3v) is 6.47. The van der Waals surface area contributed by atoms with E-state index in [2.05, 4.69) is 15.0 Å². The number of benzene rings is 1. The van der Waals surface area contributed by atoms with Gasteiger partial charge < -0.3 is 9.47 Å². The number of primary sulfonamides is 1. The summed E-state index contributed by atoms with van der Waals surface area (Å²) in [5.74, 6) is 0.774. The Morgan fingerprint density at radius 2 is 1.96 bits per heavy atom. The number of morpholine rings is 1. The monoisotopic (exact) mass is 409 g/mol. The van der Waals surface area contributed by atoms with Gasteiger partial charge in [-0.2, -0.15) is 0 Å². The number of nitrogens with zero attached hydrogens (tertiary/aromatic N) is 4. The Labute approximate surface area is 160 Å². The van der Waals surface area contributed by atoms with E-state index in [9.17, 15) is 8.42 Å². The third kappa shape index (κ3) is 4.12. The molecule has 0 radical (unpaired) electrons. The summed E-state index contributed by atoms with van der Waals surface area (Å²) >= 11 is 0.937. The van der Waals surface area contributed by atoms with Gasteiger partial charge in [0.1, 0.15) is 12.4 Å². The summed E-state index contributed by atoms with van der Waals surface area (Å²) in [5.41, 5.74) is 1.55. The highest BCUT2D eigenvalue weighted by molar-refractivity contribution is 7.91. The van der Waals surface area contributed by atoms with E-state index in [4.69, 9.17) is 14.6 Å². The molecule has 2 aromatic heterocycles. The fourth-order valence-corrected chi connectivity index (χ4v) is 4.32. The molecule has 9 nitrogen and oxygen atoms in total. The summed E-state index contributed by atoms with van der Waals surface area (Å²) in [6, 6.07) is 7.54. The maximum Gasteiger partial charge on any atom is 0.267 e. The topological polar surface area (TPSA) is 112 Å². The first-order chi connectivity index (χ1) is 13.0. The molecule has 1 fully saturated rings. The normalized spacial score (nSPS) is 16.0. The molecule has 2 N–H and O–H groups in total. The van der Waals surface area contributed by atoms with Gasteiger partial charge in [0.15, 0.2) is 0 Å². The van der Waals surface area contributed by atoms with E-state index in [1.54, 1.807) is 6.20 Å². The molecular weight excluding hydrogens is 390 g/mol. The average molecular weight is 409 g/mol. The maximum atomic E-state index is 11.5. The van der Waals surface area contributed by atoms with Crippen LogP contribution in [0.3, 0.4) is 0 Å². The van der Waals surface area contributed by atoms with E-state index in [1.807, 2.05) is 24.3 Å². The number of sulfonamides is 1. The van der Waals surface area contributed by atoms with Crippen LogP contribution in [0.5, 0.6) is 5.75 Å². The fourth-order valence-electron chi connectivity index (χ4n) is 2.83. The van der Waals surface area contributed by atoms with Gasteiger partial charge in [0.25, 0.3) is 10.0 Å². The first-order valence-corrected chi connectivity index (χ1v) is 10.8. The predicted molar refractivity (Wildman–Crippen MR) is 100 cm³/mol. The Balaban J connectivity index is 1.44. The standard InChI is InChI=1S/C16H19N5O4S2/c17-27(22,23)16-19-21-14(11-18-15(21)26-16)12-1-3-13(4-2-12)25-10-7-20-5-8-24-9-6-20/h1-4,11H,5-10H2,(H2,17,22,23). The number of fused-ring (bicyclic) bond motifs is 1. The van der Waals surface area contributed by atoms with Crippen LogP contribution in [0.25, 0.3) is 16.2 Å². The van der Waals surface area contributed by atoms with Crippen LogP contribution < -0.4 is 9.88 Å². The molecule has 3 heterocycles. The van der Waals surface area contributed by atoms with Crippen molar-refractivity contribution in [1.29, 1.82) is 0 Å². The zero-order valence-electron chi connectivity index (χ0n) is 14.4. The molecule has 4 rings (SSSR count). The quantitative estimate of drug-likeness (QED) is 0.641. The van der Waals surface area contributed by atoms with Crippen molar-refractivity contribution in [3.63, 3.8) is 0 Å². The SMILES string of the molecule is NS(=O)(=O)c1nn2c(-c3ccc(OCCN4CCOCC4)cc3)cnc2s1. The van der Waals surface area contributed by atoms with Crippen molar-refractivity contribution in [3.05, 3.63) is 30.5 Å². The number of aromatic nitrogens is 3. The Bertz CT molecular complexity index is 1020. The van der Waals surface area contributed by atoms with E-state index in [0.29, 0.717) is 17.3 Å². The Morgan fingerprint density at radius 1 is 1.22 bits per heavy atom. The minimum Gasteiger partial charge on any atom is -0.492 e. The van der Waals surface area contributed by atoms with Gasteiger partial charge in [-0.1, -0.05) is 11.3 Å². The molecule has 0 atom stereocenters. The molecule has 144 valence electrons. The lowest BCUT2D eigenvalue weighted by atomic mass is 10.1. The van der Waals surface area contributed by atoms with Gasteiger partial charge in [-0.25, -0.2) is 23.1 Å². The number of imidazole rings is 1. The van der Waals surface area contributed by atoms with Crippen LogP contribution in [0.2, 0.25) is 0 Å². The first kappa shape index (κ1) is 18.3. The van der Waals surface area contributed by atoms with Crippen molar-refractivity contribution in [1.82, 2.24) is 19.5 Å². The summed E-state index contributed by atoms with van der Waals surface area (Å²) in [4.78, 5) is 6.99. The summed E-state index contributed by atoms with van der Waals surface area (Å²) in [6.45, 7) is 4.90. The zero-order chi connectivity index (χ0) is 18.9. The van der Waals surface area contributed by atoms with Gasteiger partial charge in [-0.05, 0) is 24.3 Å². The summed E-state index contributed by atoms with van der Waals surface area (Å²) in [7, 11) is -3.85. The van der Waals surface area contributed by atoms with Gasteiger partial charge in [0, 0.05) is 25.2 Å². The molecule has 0 spiro atoms. The Kier molecular flexibility index (Phi) is 5.10. The fraction of sp³-hybridized carbons (Fsp3) is 0.375. The number of nitrogens with two attached hydrogens (primary N) is 1. The highest BCUT2D eigenvalue weighted by atomic mass is 32.2. The number of rotatable bonds is 6. The van der Waals surface area contributed by atoms with Gasteiger partial charge >= 0.3 is 0 Å². The Morgan fingerprint density at radius 3 is 2.67 bits per heavy atom. The lowest BCUT2D eigenvalue weighted by Crippen LogP contribution is -2.38. The van der Waals surface area contributed by atoms with Crippen molar-refractivity contribution < 1.29 is 17.9 Å². The molecule has 11 heteroatoms. The van der Waals surface area contributed by atoms with Crippen molar-refractivity contribution in [2.45, 2.75) is 4.34 Å². The lowest BCUT2D eigenvalue weighted by molar-refractivity contribution is 0.0322. The highest BCUT2D eigenvalue weighted by Gasteiger charge is 2.18. The van der Waals surface area contributed by atoms with E-state index >= 15 is 0 Å². The minimum absolute atomic E-state index is 0.157. The molecule has 3 aromatic rings. The van der Waals surface area contributed by atoms with Crippen LogP contribution in [0.1, 0.15) is 0 Å². The smallest absolute Gasteiger partial charge is 0.267 e. The molecule has 1 aromatic carbocycles. The number of hydrogen-bond donors (Lipinski definition) is 1. The van der Waals surface area contributed by atoms with E-state index < -0.39 is 10.0 Å². The third-order valence-electron chi connectivity index (χ3n) is 4.24. The molecule has 0 aliphatic carbocycles. The zero-order valence-corrected chi connectivity index (χ0v) is 16.1. The van der Waals surface area contributed by atoms with Gasteiger partial charge in [0.2, 0.25) is 9.30 Å². The van der Waals surface area contributed by atoms with Crippen LogP contribution in [-0.4, -0.2) is 67.4 Å². The molecule has 0 unspecified atom stereocenters. The molecule has 1 saturated heterocycles.